The van der Waals surface area contributed by atoms with Gasteiger partial charge >= 0.3 is 0 Å². The molecule has 5 nitrogen and oxygen atoms in total. The second-order valence-corrected chi connectivity index (χ2v) is 5.92. The molecular formula is C18H24FN3O2. The second-order valence-electron chi connectivity index (χ2n) is 5.92. The molecule has 1 amide bonds. The summed E-state index contributed by atoms with van der Waals surface area (Å²) in [4.78, 5) is 12.2. The zero-order valence-corrected chi connectivity index (χ0v) is 14.6. The molecular weight excluding hydrogens is 309 g/mol. The van der Waals surface area contributed by atoms with Gasteiger partial charge < -0.3 is 10.1 Å². The number of carbonyl (C=O) groups excluding carboxylic acids is 1. The molecule has 0 spiro atoms. The number of rotatable bonds is 7. The molecule has 1 atom stereocenters. The molecule has 1 aromatic heterocycles. The zero-order valence-electron chi connectivity index (χ0n) is 14.6. The molecule has 130 valence electrons. The highest BCUT2D eigenvalue weighted by molar-refractivity contribution is 5.92. The number of halogens is 1. The summed E-state index contributed by atoms with van der Waals surface area (Å²) in [6, 6.07) is 6.67. The maximum atomic E-state index is 14.5. The summed E-state index contributed by atoms with van der Waals surface area (Å²) in [7, 11) is 1.70. The number of aryl methyl sites for hydroxylation is 2. The van der Waals surface area contributed by atoms with Gasteiger partial charge in [0.25, 0.3) is 5.91 Å². The van der Waals surface area contributed by atoms with Crippen LogP contribution in [0.2, 0.25) is 0 Å². The maximum Gasteiger partial charge on any atom is 0.269 e. The molecule has 0 saturated carbocycles. The highest BCUT2D eigenvalue weighted by atomic mass is 19.1. The molecule has 1 aromatic carbocycles. The van der Waals surface area contributed by atoms with Gasteiger partial charge in [-0.3, -0.25) is 9.48 Å². The summed E-state index contributed by atoms with van der Waals surface area (Å²) in [5, 5.41) is 6.85. The Bertz CT molecular complexity index is 712. The van der Waals surface area contributed by atoms with Crippen LogP contribution in [0.5, 0.6) is 5.75 Å². The topological polar surface area (TPSA) is 56.1 Å². The van der Waals surface area contributed by atoms with Crippen LogP contribution in [0.4, 0.5) is 4.39 Å². The van der Waals surface area contributed by atoms with Gasteiger partial charge in [0.05, 0.1) is 11.8 Å². The third-order valence-electron chi connectivity index (χ3n) is 3.74. The lowest BCUT2D eigenvalue weighted by molar-refractivity contribution is 0.0941. The lowest BCUT2D eigenvalue weighted by Crippen LogP contribution is -2.25. The predicted molar refractivity (Wildman–Crippen MR) is 90.5 cm³/mol. The molecule has 2 rings (SSSR count). The van der Waals surface area contributed by atoms with Gasteiger partial charge in [-0.05, 0) is 32.4 Å². The minimum absolute atomic E-state index is 0.0493. The Kier molecular flexibility index (Phi) is 5.95. The Labute approximate surface area is 141 Å². The van der Waals surface area contributed by atoms with Gasteiger partial charge in [0.2, 0.25) is 0 Å². The molecule has 0 saturated heterocycles. The second kappa shape index (κ2) is 7.95. The number of aromatic nitrogens is 2. The first kappa shape index (κ1) is 18.0. The molecule has 6 heteroatoms. The fraction of sp³-hybridized carbons (Fsp3) is 0.444. The number of hydrogen-bond donors (Lipinski definition) is 1. The molecule has 1 unspecified atom stereocenters. The quantitative estimate of drug-likeness (QED) is 0.845. The summed E-state index contributed by atoms with van der Waals surface area (Å²) in [5.74, 6) is -0.496. The van der Waals surface area contributed by atoms with Crippen LogP contribution in [-0.2, 0) is 13.6 Å². The molecule has 0 bridgehead atoms. The molecule has 2 aromatic rings. The number of benzene rings is 1. The van der Waals surface area contributed by atoms with Crippen molar-refractivity contribution in [1.82, 2.24) is 15.1 Å². The van der Waals surface area contributed by atoms with Gasteiger partial charge in [-0.15, -0.1) is 0 Å². The van der Waals surface area contributed by atoms with Crippen LogP contribution >= 0.6 is 0 Å². The highest BCUT2D eigenvalue weighted by Crippen LogP contribution is 2.22. The standard InChI is InChI=1S/C18H24FN3O2/c1-5-7-13(3)24-16-9-6-8-14(17(16)19)11-20-18(23)15-10-12(2)21-22(15)4/h6,8-10,13H,5,7,11H2,1-4H3,(H,20,23). The average Bonchev–Trinajstić information content (AvgIpc) is 2.87. The van der Waals surface area contributed by atoms with Gasteiger partial charge in [0.15, 0.2) is 11.6 Å². The van der Waals surface area contributed by atoms with Crippen molar-refractivity contribution in [3.63, 3.8) is 0 Å². The molecule has 0 aliphatic heterocycles. The molecule has 1 N–H and O–H groups in total. The van der Waals surface area contributed by atoms with Crippen molar-refractivity contribution in [3.8, 4) is 5.75 Å². The van der Waals surface area contributed by atoms with Crippen LogP contribution in [0.25, 0.3) is 0 Å². The predicted octanol–water partition coefficient (Wildman–Crippen LogP) is 3.37. The molecule has 0 aliphatic rings. The van der Waals surface area contributed by atoms with Crippen molar-refractivity contribution < 1.29 is 13.9 Å². The molecule has 1 heterocycles. The van der Waals surface area contributed by atoms with E-state index >= 15 is 0 Å². The summed E-state index contributed by atoms with van der Waals surface area (Å²) in [6.45, 7) is 5.88. The lowest BCUT2D eigenvalue weighted by Gasteiger charge is -2.16. The van der Waals surface area contributed by atoms with E-state index in [0.29, 0.717) is 11.3 Å². The van der Waals surface area contributed by atoms with Crippen LogP contribution in [0.15, 0.2) is 24.3 Å². The maximum absolute atomic E-state index is 14.5. The fourth-order valence-electron chi connectivity index (χ4n) is 2.56. The van der Waals surface area contributed by atoms with Gasteiger partial charge in [0.1, 0.15) is 5.69 Å². The summed E-state index contributed by atoms with van der Waals surface area (Å²) in [6.07, 6.45) is 1.79. The van der Waals surface area contributed by atoms with E-state index in [2.05, 4.69) is 17.3 Å². The Morgan fingerprint density at radius 1 is 1.46 bits per heavy atom. The van der Waals surface area contributed by atoms with Crippen LogP contribution in [0.1, 0.15) is 48.4 Å². The van der Waals surface area contributed by atoms with Crippen molar-refractivity contribution in [1.29, 1.82) is 0 Å². The molecule has 0 fully saturated rings. The first-order chi connectivity index (χ1) is 11.4. The fourth-order valence-corrected chi connectivity index (χ4v) is 2.56. The third-order valence-corrected chi connectivity index (χ3v) is 3.74. The third kappa shape index (κ3) is 4.34. The van der Waals surface area contributed by atoms with E-state index in [1.165, 1.54) is 4.68 Å². The average molecular weight is 333 g/mol. The number of nitrogens with zero attached hydrogens (tertiary/aromatic N) is 2. The van der Waals surface area contributed by atoms with E-state index in [1.807, 2.05) is 13.8 Å². The van der Waals surface area contributed by atoms with E-state index in [4.69, 9.17) is 4.74 Å². The Morgan fingerprint density at radius 2 is 2.21 bits per heavy atom. The van der Waals surface area contributed by atoms with E-state index < -0.39 is 5.82 Å². The van der Waals surface area contributed by atoms with Crippen molar-refractivity contribution >= 4 is 5.91 Å². The van der Waals surface area contributed by atoms with E-state index in [1.54, 1.807) is 31.3 Å². The number of carbonyl (C=O) groups is 1. The lowest BCUT2D eigenvalue weighted by atomic mass is 10.2. The molecule has 0 aliphatic carbocycles. The van der Waals surface area contributed by atoms with E-state index in [0.717, 1.165) is 18.5 Å². The summed E-state index contributed by atoms with van der Waals surface area (Å²) < 4.78 is 21.7. The summed E-state index contributed by atoms with van der Waals surface area (Å²) in [5.41, 5.74) is 1.59. The monoisotopic (exact) mass is 333 g/mol. The largest absolute Gasteiger partial charge is 0.488 e. The van der Waals surface area contributed by atoms with Crippen LogP contribution in [0, 0.1) is 12.7 Å². The zero-order chi connectivity index (χ0) is 17.7. The van der Waals surface area contributed by atoms with Gasteiger partial charge in [0, 0.05) is 19.2 Å². The molecule has 0 radical (unpaired) electrons. The number of nitrogens with one attached hydrogen (secondary N) is 1. The van der Waals surface area contributed by atoms with Gasteiger partial charge in [-0.25, -0.2) is 4.39 Å². The first-order valence-corrected chi connectivity index (χ1v) is 8.15. The normalized spacial score (nSPS) is 12.0. The smallest absolute Gasteiger partial charge is 0.269 e. The van der Waals surface area contributed by atoms with Crippen LogP contribution < -0.4 is 10.1 Å². The van der Waals surface area contributed by atoms with Crippen molar-refractivity contribution in [2.75, 3.05) is 0 Å². The van der Waals surface area contributed by atoms with Crippen molar-refractivity contribution in [2.24, 2.45) is 7.05 Å². The van der Waals surface area contributed by atoms with Crippen LogP contribution in [-0.4, -0.2) is 21.8 Å². The van der Waals surface area contributed by atoms with Gasteiger partial charge in [-0.1, -0.05) is 25.5 Å². The van der Waals surface area contributed by atoms with Crippen LogP contribution in [0.3, 0.4) is 0 Å². The Balaban J connectivity index is 2.05. The SMILES string of the molecule is CCCC(C)Oc1cccc(CNC(=O)c2cc(C)nn2C)c1F. The van der Waals surface area contributed by atoms with Crippen molar-refractivity contribution in [3.05, 3.63) is 47.0 Å². The minimum atomic E-state index is -0.429. The van der Waals surface area contributed by atoms with Gasteiger partial charge in [-0.2, -0.15) is 5.10 Å². The van der Waals surface area contributed by atoms with E-state index in [9.17, 15) is 9.18 Å². The Hall–Kier alpha value is -2.37. The summed E-state index contributed by atoms with van der Waals surface area (Å²) >= 11 is 0. The number of amides is 1. The number of hydrogen-bond acceptors (Lipinski definition) is 3. The minimum Gasteiger partial charge on any atom is -0.488 e. The molecule has 24 heavy (non-hydrogen) atoms. The first-order valence-electron chi connectivity index (χ1n) is 8.15. The number of ether oxygens (including phenoxy) is 1. The Morgan fingerprint density at radius 3 is 2.83 bits per heavy atom. The highest BCUT2D eigenvalue weighted by Gasteiger charge is 2.15. The van der Waals surface area contributed by atoms with Crippen molar-refractivity contribution in [2.45, 2.75) is 46.3 Å². The van der Waals surface area contributed by atoms with E-state index in [-0.39, 0.29) is 24.3 Å².